The van der Waals surface area contributed by atoms with E-state index in [0.29, 0.717) is 19.8 Å². The Bertz CT molecular complexity index is 366. The summed E-state index contributed by atoms with van der Waals surface area (Å²) in [5.74, 6) is 1.50. The average Bonchev–Trinajstić information content (AvgIpc) is 2.40. The Labute approximate surface area is 100.0 Å². The Hall–Kier alpha value is -1.30. The highest BCUT2D eigenvalue weighted by molar-refractivity contribution is 5.47. The Morgan fingerprint density at radius 2 is 1.94 bits per heavy atom. The molecule has 1 aromatic carbocycles. The second-order valence-electron chi connectivity index (χ2n) is 3.88. The van der Waals surface area contributed by atoms with Gasteiger partial charge in [0.25, 0.3) is 0 Å². The van der Waals surface area contributed by atoms with Gasteiger partial charge >= 0.3 is 0 Å². The molecule has 2 rings (SSSR count). The molecule has 0 saturated heterocycles. The van der Waals surface area contributed by atoms with E-state index in [1.807, 2.05) is 18.2 Å². The number of aliphatic hydroxyl groups is 2. The zero-order valence-electron chi connectivity index (χ0n) is 9.56. The van der Waals surface area contributed by atoms with Gasteiger partial charge in [-0.2, -0.15) is 0 Å². The molecule has 1 aromatic rings. The molecule has 0 amide bonds. The van der Waals surface area contributed by atoms with Crippen LogP contribution in [-0.2, 0) is 6.54 Å². The van der Waals surface area contributed by atoms with Crippen molar-refractivity contribution in [2.75, 3.05) is 26.4 Å². The van der Waals surface area contributed by atoms with Crippen LogP contribution in [0.1, 0.15) is 5.56 Å². The molecule has 0 spiro atoms. The van der Waals surface area contributed by atoms with Crippen LogP contribution in [0.2, 0.25) is 0 Å². The van der Waals surface area contributed by atoms with Gasteiger partial charge in [0, 0.05) is 12.1 Å². The van der Waals surface area contributed by atoms with E-state index in [1.165, 1.54) is 0 Å². The molecule has 0 aromatic heterocycles. The Kier molecular flexibility index (Phi) is 4.19. The first-order valence-electron chi connectivity index (χ1n) is 5.67. The highest BCUT2D eigenvalue weighted by atomic mass is 16.6. The Balaban J connectivity index is 2.05. The number of nitrogens with one attached hydrogen (secondary N) is 1. The molecule has 5 heteroatoms. The van der Waals surface area contributed by atoms with Crippen molar-refractivity contribution >= 4 is 0 Å². The van der Waals surface area contributed by atoms with Gasteiger partial charge in [0.1, 0.15) is 13.2 Å². The quantitative estimate of drug-likeness (QED) is 0.669. The van der Waals surface area contributed by atoms with Crippen molar-refractivity contribution in [2.24, 2.45) is 0 Å². The normalized spacial score (nSPS) is 14.1. The summed E-state index contributed by atoms with van der Waals surface area (Å²) >= 11 is 0. The molecule has 3 N–H and O–H groups in total. The first kappa shape index (κ1) is 12.2. The maximum Gasteiger partial charge on any atom is 0.165 e. The minimum absolute atomic E-state index is 0.0944. The molecular formula is C12H17NO4. The van der Waals surface area contributed by atoms with Crippen LogP contribution in [0.3, 0.4) is 0 Å². The minimum atomic E-state index is -0.310. The summed E-state index contributed by atoms with van der Waals surface area (Å²) in [4.78, 5) is 0. The molecule has 94 valence electrons. The fourth-order valence-corrected chi connectivity index (χ4v) is 1.71. The van der Waals surface area contributed by atoms with Gasteiger partial charge in [-0.15, -0.1) is 0 Å². The maximum absolute atomic E-state index is 8.96. The molecule has 0 bridgehead atoms. The lowest BCUT2D eigenvalue weighted by atomic mass is 10.1. The minimum Gasteiger partial charge on any atom is -0.486 e. The fraction of sp³-hybridized carbons (Fsp3) is 0.500. The summed E-state index contributed by atoms with van der Waals surface area (Å²) in [7, 11) is 0. The highest BCUT2D eigenvalue weighted by Crippen LogP contribution is 2.33. The smallest absolute Gasteiger partial charge is 0.165 e. The topological polar surface area (TPSA) is 71.0 Å². The third kappa shape index (κ3) is 2.88. The number of para-hydroxylation sites is 1. The molecule has 0 saturated carbocycles. The van der Waals surface area contributed by atoms with Gasteiger partial charge in [0.2, 0.25) is 0 Å². The van der Waals surface area contributed by atoms with Gasteiger partial charge in [-0.05, 0) is 6.07 Å². The lowest BCUT2D eigenvalue weighted by Gasteiger charge is -2.22. The first-order chi connectivity index (χ1) is 8.35. The third-order valence-corrected chi connectivity index (χ3v) is 2.67. The molecule has 0 atom stereocenters. The summed E-state index contributed by atoms with van der Waals surface area (Å²) in [5.41, 5.74) is 0.967. The molecule has 0 aliphatic carbocycles. The van der Waals surface area contributed by atoms with Crippen LogP contribution < -0.4 is 14.8 Å². The largest absolute Gasteiger partial charge is 0.486 e. The zero-order chi connectivity index (χ0) is 12.1. The predicted molar refractivity (Wildman–Crippen MR) is 62.2 cm³/mol. The Morgan fingerprint density at radius 1 is 1.18 bits per heavy atom. The van der Waals surface area contributed by atoms with Crippen molar-refractivity contribution < 1.29 is 19.7 Å². The molecule has 0 radical (unpaired) electrons. The number of fused-ring (bicyclic) bond motifs is 1. The average molecular weight is 239 g/mol. The highest BCUT2D eigenvalue weighted by Gasteiger charge is 2.16. The van der Waals surface area contributed by atoms with E-state index in [1.54, 1.807) is 0 Å². The fourth-order valence-electron chi connectivity index (χ4n) is 1.71. The van der Waals surface area contributed by atoms with E-state index >= 15 is 0 Å². The van der Waals surface area contributed by atoms with Gasteiger partial charge in [0.15, 0.2) is 11.5 Å². The third-order valence-electron chi connectivity index (χ3n) is 2.67. The van der Waals surface area contributed by atoms with E-state index in [4.69, 9.17) is 19.7 Å². The molecule has 5 nitrogen and oxygen atoms in total. The summed E-state index contributed by atoms with van der Waals surface area (Å²) in [6.45, 7) is 1.46. The van der Waals surface area contributed by atoms with E-state index in [9.17, 15) is 0 Å². The van der Waals surface area contributed by atoms with Gasteiger partial charge in [-0.1, -0.05) is 12.1 Å². The Morgan fingerprint density at radius 3 is 2.71 bits per heavy atom. The van der Waals surface area contributed by atoms with E-state index in [2.05, 4.69) is 5.32 Å². The van der Waals surface area contributed by atoms with Crippen LogP contribution in [-0.4, -0.2) is 42.7 Å². The number of aliphatic hydroxyl groups excluding tert-OH is 2. The van der Waals surface area contributed by atoms with E-state index < -0.39 is 0 Å². The number of ether oxygens (including phenoxy) is 2. The summed E-state index contributed by atoms with van der Waals surface area (Å²) in [5, 5.41) is 21.0. The van der Waals surface area contributed by atoms with Crippen molar-refractivity contribution in [3.8, 4) is 11.5 Å². The predicted octanol–water partition coefficient (Wildman–Crippen LogP) is -0.0994. The van der Waals surface area contributed by atoms with Crippen molar-refractivity contribution in [1.82, 2.24) is 5.32 Å². The van der Waals surface area contributed by atoms with E-state index in [0.717, 1.165) is 17.1 Å². The summed E-state index contributed by atoms with van der Waals surface area (Å²) in [6, 6.07) is 5.40. The van der Waals surface area contributed by atoms with Crippen LogP contribution >= 0.6 is 0 Å². The van der Waals surface area contributed by atoms with Crippen LogP contribution in [0, 0.1) is 0 Å². The van der Waals surface area contributed by atoms with Crippen LogP contribution in [0.15, 0.2) is 18.2 Å². The lowest BCUT2D eigenvalue weighted by molar-refractivity contribution is 0.163. The van der Waals surface area contributed by atoms with Gasteiger partial charge in [-0.25, -0.2) is 0 Å². The summed E-state index contributed by atoms with van der Waals surface area (Å²) in [6.07, 6.45) is 0. The van der Waals surface area contributed by atoms with Gasteiger partial charge < -0.3 is 25.0 Å². The molecule has 0 fully saturated rings. The monoisotopic (exact) mass is 239 g/mol. The molecule has 0 unspecified atom stereocenters. The van der Waals surface area contributed by atoms with Crippen LogP contribution in [0.4, 0.5) is 0 Å². The first-order valence-corrected chi connectivity index (χ1v) is 5.67. The number of hydrogen-bond acceptors (Lipinski definition) is 5. The van der Waals surface area contributed by atoms with Crippen molar-refractivity contribution in [2.45, 2.75) is 12.6 Å². The molecule has 17 heavy (non-hydrogen) atoms. The molecule has 1 aliphatic rings. The number of rotatable bonds is 5. The van der Waals surface area contributed by atoms with Crippen LogP contribution in [0.25, 0.3) is 0 Å². The maximum atomic E-state index is 8.96. The standard InChI is InChI=1S/C12H17NO4/c14-7-10(8-15)13-6-9-2-1-3-11-12(9)17-5-4-16-11/h1-3,10,13-15H,4-8H2. The number of benzene rings is 1. The van der Waals surface area contributed by atoms with Crippen LogP contribution in [0.5, 0.6) is 11.5 Å². The molecule has 1 heterocycles. The zero-order valence-corrected chi connectivity index (χ0v) is 9.56. The second kappa shape index (κ2) is 5.86. The SMILES string of the molecule is OCC(CO)NCc1cccc2c1OCCO2. The van der Waals surface area contributed by atoms with Crippen molar-refractivity contribution in [3.63, 3.8) is 0 Å². The molecule has 1 aliphatic heterocycles. The van der Waals surface area contributed by atoms with E-state index in [-0.39, 0.29) is 19.3 Å². The van der Waals surface area contributed by atoms with Gasteiger partial charge in [0.05, 0.1) is 19.3 Å². The molecular weight excluding hydrogens is 222 g/mol. The van der Waals surface area contributed by atoms with Crippen molar-refractivity contribution in [1.29, 1.82) is 0 Å². The van der Waals surface area contributed by atoms with Gasteiger partial charge in [-0.3, -0.25) is 0 Å². The van der Waals surface area contributed by atoms with Crippen molar-refractivity contribution in [3.05, 3.63) is 23.8 Å². The lowest BCUT2D eigenvalue weighted by Crippen LogP contribution is -2.35. The second-order valence-corrected chi connectivity index (χ2v) is 3.88. The number of hydrogen-bond donors (Lipinski definition) is 3. The summed E-state index contributed by atoms with van der Waals surface area (Å²) < 4.78 is 11.0.